The van der Waals surface area contributed by atoms with Crippen molar-refractivity contribution in [3.05, 3.63) is 46.9 Å². The topological polar surface area (TPSA) is 37.8 Å². The molecule has 3 nitrogen and oxygen atoms in total. The van der Waals surface area contributed by atoms with Crippen LogP contribution in [-0.2, 0) is 0 Å². The number of hydrogen-bond acceptors (Lipinski definition) is 3. The Balaban J connectivity index is 2.28. The highest BCUT2D eigenvalue weighted by Gasteiger charge is 2.02. The first-order chi connectivity index (χ1) is 7.66. The second kappa shape index (κ2) is 4.49. The average molecular weight is 234 g/mol. The van der Waals surface area contributed by atoms with E-state index in [1.165, 1.54) is 11.1 Å². The normalized spacial score (nSPS) is 10.2. The number of benzene rings is 1. The summed E-state index contributed by atoms with van der Waals surface area (Å²) in [6.07, 6.45) is 3.17. The van der Waals surface area contributed by atoms with E-state index in [4.69, 9.17) is 11.6 Å². The minimum absolute atomic E-state index is 0.376. The molecule has 4 heteroatoms. The molecular weight excluding hydrogens is 222 g/mol. The van der Waals surface area contributed by atoms with Gasteiger partial charge in [-0.1, -0.05) is 17.7 Å². The van der Waals surface area contributed by atoms with E-state index < -0.39 is 0 Å². The van der Waals surface area contributed by atoms with Gasteiger partial charge in [0.2, 0.25) is 0 Å². The fourth-order valence-electron chi connectivity index (χ4n) is 1.36. The number of nitrogens with zero attached hydrogens (tertiary/aromatic N) is 2. The zero-order valence-corrected chi connectivity index (χ0v) is 9.92. The molecule has 1 N–H and O–H groups in total. The van der Waals surface area contributed by atoms with Crippen molar-refractivity contribution in [1.29, 1.82) is 0 Å². The molecule has 0 saturated heterocycles. The lowest BCUT2D eigenvalue weighted by Crippen LogP contribution is -1.96. The van der Waals surface area contributed by atoms with E-state index in [2.05, 4.69) is 41.3 Å². The lowest BCUT2D eigenvalue weighted by atomic mass is 10.1. The lowest BCUT2D eigenvalue weighted by molar-refractivity contribution is 1.20. The summed E-state index contributed by atoms with van der Waals surface area (Å²) >= 11 is 5.91. The van der Waals surface area contributed by atoms with Crippen molar-refractivity contribution >= 4 is 23.1 Å². The van der Waals surface area contributed by atoms with Gasteiger partial charge in [0.1, 0.15) is 0 Å². The van der Waals surface area contributed by atoms with E-state index in [0.717, 1.165) is 5.69 Å². The van der Waals surface area contributed by atoms with Crippen LogP contribution in [0.25, 0.3) is 0 Å². The van der Waals surface area contributed by atoms with Gasteiger partial charge >= 0.3 is 0 Å². The lowest BCUT2D eigenvalue weighted by Gasteiger charge is -2.08. The maximum Gasteiger partial charge on any atom is 0.171 e. The Bertz CT molecular complexity index is 511. The molecular formula is C12H12ClN3. The molecule has 0 aliphatic rings. The standard InChI is InChI=1S/C12H12ClN3/c1-8-3-4-10(7-9(8)2)16-12-11(13)14-5-6-15-12/h3-7H,1-2H3,(H,15,16). The highest BCUT2D eigenvalue weighted by molar-refractivity contribution is 6.31. The molecule has 0 fully saturated rings. The van der Waals surface area contributed by atoms with Gasteiger partial charge in [0.25, 0.3) is 0 Å². The molecule has 0 atom stereocenters. The van der Waals surface area contributed by atoms with Crippen LogP contribution in [0.15, 0.2) is 30.6 Å². The van der Waals surface area contributed by atoms with E-state index in [1.807, 2.05) is 6.07 Å². The summed E-state index contributed by atoms with van der Waals surface area (Å²) in [4.78, 5) is 8.08. The van der Waals surface area contributed by atoms with Gasteiger partial charge in [-0.25, -0.2) is 9.97 Å². The molecule has 0 amide bonds. The zero-order chi connectivity index (χ0) is 11.5. The predicted molar refractivity (Wildman–Crippen MR) is 66.2 cm³/mol. The van der Waals surface area contributed by atoms with Crippen molar-refractivity contribution in [2.24, 2.45) is 0 Å². The van der Waals surface area contributed by atoms with Gasteiger partial charge in [-0.3, -0.25) is 0 Å². The third kappa shape index (κ3) is 2.31. The first kappa shape index (κ1) is 10.9. The van der Waals surface area contributed by atoms with Gasteiger partial charge in [0.15, 0.2) is 11.0 Å². The molecule has 16 heavy (non-hydrogen) atoms. The largest absolute Gasteiger partial charge is 0.338 e. The number of aryl methyl sites for hydroxylation is 2. The van der Waals surface area contributed by atoms with Crippen LogP contribution in [0.4, 0.5) is 11.5 Å². The van der Waals surface area contributed by atoms with Crippen molar-refractivity contribution in [2.75, 3.05) is 5.32 Å². The summed E-state index contributed by atoms with van der Waals surface area (Å²) in [7, 11) is 0. The molecule has 82 valence electrons. The van der Waals surface area contributed by atoms with E-state index >= 15 is 0 Å². The molecule has 0 aliphatic heterocycles. The van der Waals surface area contributed by atoms with Gasteiger partial charge in [-0.05, 0) is 37.1 Å². The molecule has 0 bridgehead atoms. The highest BCUT2D eigenvalue weighted by Crippen LogP contribution is 2.21. The zero-order valence-electron chi connectivity index (χ0n) is 9.16. The Labute approximate surface area is 99.5 Å². The van der Waals surface area contributed by atoms with E-state index in [-0.39, 0.29) is 0 Å². The monoisotopic (exact) mass is 233 g/mol. The first-order valence-electron chi connectivity index (χ1n) is 4.97. The van der Waals surface area contributed by atoms with Crippen LogP contribution in [0.2, 0.25) is 5.15 Å². The van der Waals surface area contributed by atoms with Gasteiger partial charge < -0.3 is 5.32 Å². The molecule has 0 radical (unpaired) electrons. The summed E-state index contributed by atoms with van der Waals surface area (Å²) in [6, 6.07) is 6.11. The Morgan fingerprint density at radius 2 is 1.81 bits per heavy atom. The van der Waals surface area contributed by atoms with Crippen LogP contribution in [0, 0.1) is 13.8 Å². The number of hydrogen-bond donors (Lipinski definition) is 1. The van der Waals surface area contributed by atoms with Crippen LogP contribution in [0.1, 0.15) is 11.1 Å². The summed E-state index contributed by atoms with van der Waals surface area (Å²) in [5.41, 5.74) is 3.45. The SMILES string of the molecule is Cc1ccc(Nc2nccnc2Cl)cc1C. The van der Waals surface area contributed by atoms with Gasteiger partial charge in [-0.2, -0.15) is 0 Å². The number of anilines is 2. The summed E-state index contributed by atoms with van der Waals surface area (Å²) in [5.74, 6) is 0.576. The van der Waals surface area contributed by atoms with Crippen molar-refractivity contribution in [1.82, 2.24) is 9.97 Å². The van der Waals surface area contributed by atoms with Crippen molar-refractivity contribution in [3.63, 3.8) is 0 Å². The van der Waals surface area contributed by atoms with Crippen molar-refractivity contribution in [2.45, 2.75) is 13.8 Å². The smallest absolute Gasteiger partial charge is 0.171 e. The summed E-state index contributed by atoms with van der Waals surface area (Å²) in [5, 5.41) is 3.51. The van der Waals surface area contributed by atoms with Crippen LogP contribution >= 0.6 is 11.6 Å². The van der Waals surface area contributed by atoms with Crippen LogP contribution in [-0.4, -0.2) is 9.97 Å². The van der Waals surface area contributed by atoms with Gasteiger partial charge in [0.05, 0.1) is 0 Å². The molecule has 1 heterocycles. The Morgan fingerprint density at radius 3 is 2.50 bits per heavy atom. The van der Waals surface area contributed by atoms with Crippen molar-refractivity contribution < 1.29 is 0 Å². The van der Waals surface area contributed by atoms with Crippen molar-refractivity contribution in [3.8, 4) is 0 Å². The minimum Gasteiger partial charge on any atom is -0.338 e. The molecule has 0 unspecified atom stereocenters. The van der Waals surface area contributed by atoms with Gasteiger partial charge in [-0.15, -0.1) is 0 Å². The fraction of sp³-hybridized carbons (Fsp3) is 0.167. The Kier molecular flexibility index (Phi) is 3.06. The molecule has 0 spiro atoms. The molecule has 2 rings (SSSR count). The number of rotatable bonds is 2. The third-order valence-corrected chi connectivity index (χ3v) is 2.70. The third-order valence-electron chi connectivity index (χ3n) is 2.42. The van der Waals surface area contributed by atoms with E-state index in [9.17, 15) is 0 Å². The number of halogens is 1. The Hall–Kier alpha value is -1.61. The minimum atomic E-state index is 0.376. The van der Waals surface area contributed by atoms with Crippen LogP contribution in [0.5, 0.6) is 0 Å². The van der Waals surface area contributed by atoms with E-state index in [0.29, 0.717) is 11.0 Å². The van der Waals surface area contributed by atoms with Crippen LogP contribution < -0.4 is 5.32 Å². The van der Waals surface area contributed by atoms with Crippen LogP contribution in [0.3, 0.4) is 0 Å². The molecule has 1 aromatic carbocycles. The maximum atomic E-state index is 5.91. The molecule has 2 aromatic rings. The average Bonchev–Trinajstić information content (AvgIpc) is 2.27. The number of nitrogens with one attached hydrogen (secondary N) is 1. The highest BCUT2D eigenvalue weighted by atomic mass is 35.5. The molecule has 1 aromatic heterocycles. The fourth-order valence-corrected chi connectivity index (χ4v) is 1.51. The second-order valence-electron chi connectivity index (χ2n) is 3.62. The molecule has 0 aliphatic carbocycles. The molecule has 0 saturated carbocycles. The summed E-state index contributed by atoms with van der Waals surface area (Å²) < 4.78 is 0. The predicted octanol–water partition coefficient (Wildman–Crippen LogP) is 3.49. The first-order valence-corrected chi connectivity index (χ1v) is 5.35. The van der Waals surface area contributed by atoms with E-state index in [1.54, 1.807) is 12.4 Å². The number of aromatic nitrogens is 2. The summed E-state index contributed by atoms with van der Waals surface area (Å²) in [6.45, 7) is 4.15. The Morgan fingerprint density at radius 1 is 1.06 bits per heavy atom. The van der Waals surface area contributed by atoms with Gasteiger partial charge in [0, 0.05) is 18.1 Å². The quantitative estimate of drug-likeness (QED) is 0.863. The maximum absolute atomic E-state index is 5.91. The second-order valence-corrected chi connectivity index (χ2v) is 3.98.